The number of ether oxygens (including phenoxy) is 1. The molecular formula is C20H37IN4O3S. The summed E-state index contributed by atoms with van der Waals surface area (Å²) in [6.07, 6.45) is 4.78. The first kappa shape index (κ1) is 28.1. The Hall–Kier alpha value is -0.910. The van der Waals surface area contributed by atoms with Gasteiger partial charge in [0.2, 0.25) is 10.0 Å². The Bertz CT molecular complexity index is 681. The Kier molecular flexibility index (Phi) is 15.4. The van der Waals surface area contributed by atoms with E-state index >= 15 is 0 Å². The van der Waals surface area contributed by atoms with Gasteiger partial charge in [0, 0.05) is 26.2 Å². The van der Waals surface area contributed by atoms with Crippen LogP contribution in [0.1, 0.15) is 52.0 Å². The minimum Gasteiger partial charge on any atom is -0.383 e. The van der Waals surface area contributed by atoms with Crippen molar-refractivity contribution in [2.24, 2.45) is 4.99 Å². The van der Waals surface area contributed by atoms with E-state index in [0.717, 1.165) is 24.5 Å². The molecule has 3 N–H and O–H groups in total. The van der Waals surface area contributed by atoms with E-state index in [9.17, 15) is 8.42 Å². The van der Waals surface area contributed by atoms with Gasteiger partial charge in [-0.15, -0.1) is 24.0 Å². The molecule has 0 saturated carbocycles. The lowest BCUT2D eigenvalue weighted by atomic mass is 10.1. The van der Waals surface area contributed by atoms with Crippen molar-refractivity contribution < 1.29 is 13.2 Å². The topological polar surface area (TPSA) is 91.8 Å². The number of sulfonamides is 1. The van der Waals surface area contributed by atoms with Crippen LogP contribution in [-0.4, -0.2) is 47.2 Å². The number of guanidine groups is 1. The zero-order valence-electron chi connectivity index (χ0n) is 18.0. The maximum absolute atomic E-state index is 12.2. The van der Waals surface area contributed by atoms with Gasteiger partial charge in [-0.3, -0.25) is 0 Å². The maximum atomic E-state index is 12.2. The minimum atomic E-state index is -3.51. The third kappa shape index (κ3) is 11.8. The zero-order chi connectivity index (χ0) is 20.8. The van der Waals surface area contributed by atoms with Crippen molar-refractivity contribution in [1.82, 2.24) is 15.4 Å². The highest BCUT2D eigenvalue weighted by Gasteiger charge is 2.13. The van der Waals surface area contributed by atoms with Crippen LogP contribution in [0.15, 0.2) is 34.2 Å². The van der Waals surface area contributed by atoms with E-state index in [4.69, 9.17) is 4.74 Å². The van der Waals surface area contributed by atoms with Gasteiger partial charge in [0.15, 0.2) is 5.96 Å². The van der Waals surface area contributed by atoms with Crippen molar-refractivity contribution in [3.05, 3.63) is 29.8 Å². The lowest BCUT2D eigenvalue weighted by Crippen LogP contribution is -2.42. The highest BCUT2D eigenvalue weighted by Crippen LogP contribution is 2.11. The van der Waals surface area contributed by atoms with Gasteiger partial charge < -0.3 is 15.4 Å². The number of unbranched alkanes of at least 4 members (excludes halogenated alkanes) is 2. The fourth-order valence-corrected chi connectivity index (χ4v) is 3.65. The molecule has 0 spiro atoms. The number of hydrogen-bond donors (Lipinski definition) is 3. The Morgan fingerprint density at radius 3 is 2.45 bits per heavy atom. The molecule has 1 atom stereocenters. The average molecular weight is 541 g/mol. The molecule has 0 aromatic heterocycles. The molecule has 0 saturated heterocycles. The quantitative estimate of drug-likeness (QED) is 0.155. The van der Waals surface area contributed by atoms with Gasteiger partial charge in [-0.2, -0.15) is 0 Å². The predicted octanol–water partition coefficient (Wildman–Crippen LogP) is 3.25. The third-order valence-corrected chi connectivity index (χ3v) is 5.70. The summed E-state index contributed by atoms with van der Waals surface area (Å²) in [6.45, 7) is 8.26. The van der Waals surface area contributed by atoms with E-state index in [1.807, 2.05) is 6.92 Å². The normalized spacial score (nSPS) is 12.9. The first-order valence-corrected chi connectivity index (χ1v) is 11.5. The summed E-state index contributed by atoms with van der Waals surface area (Å²) in [5.41, 5.74) is 0.951. The number of nitrogens with zero attached hydrogens (tertiary/aromatic N) is 1. The van der Waals surface area contributed by atoms with E-state index in [0.29, 0.717) is 19.2 Å². The van der Waals surface area contributed by atoms with E-state index in [-0.39, 0.29) is 35.4 Å². The Morgan fingerprint density at radius 2 is 1.86 bits per heavy atom. The highest BCUT2D eigenvalue weighted by molar-refractivity contribution is 14.0. The summed E-state index contributed by atoms with van der Waals surface area (Å²) < 4.78 is 31.7. The molecule has 29 heavy (non-hydrogen) atoms. The summed E-state index contributed by atoms with van der Waals surface area (Å²) >= 11 is 0. The Morgan fingerprint density at radius 1 is 1.17 bits per heavy atom. The predicted molar refractivity (Wildman–Crippen MR) is 130 cm³/mol. The maximum Gasteiger partial charge on any atom is 0.240 e. The van der Waals surface area contributed by atoms with Crippen LogP contribution >= 0.6 is 24.0 Å². The zero-order valence-corrected chi connectivity index (χ0v) is 21.2. The molecule has 9 heteroatoms. The standard InChI is InChI=1S/C20H36N4O3S.HI/c1-5-7-8-9-17(3)24-20(21-6-2)22-16-18-10-12-19(13-11-18)28(25,26)23-14-15-27-4;/h10-13,17,23H,5-9,14-16H2,1-4H3,(H2,21,22,24);1H. The third-order valence-electron chi connectivity index (χ3n) is 4.22. The fourth-order valence-electron chi connectivity index (χ4n) is 2.63. The smallest absolute Gasteiger partial charge is 0.240 e. The van der Waals surface area contributed by atoms with E-state index in [1.165, 1.54) is 26.4 Å². The fraction of sp³-hybridized carbons (Fsp3) is 0.650. The van der Waals surface area contributed by atoms with Crippen molar-refractivity contribution in [3.63, 3.8) is 0 Å². The molecule has 168 valence electrons. The summed E-state index contributed by atoms with van der Waals surface area (Å²) in [5, 5.41) is 6.69. The average Bonchev–Trinajstić information content (AvgIpc) is 2.67. The van der Waals surface area contributed by atoms with Crippen LogP contribution in [0.4, 0.5) is 0 Å². The second-order valence-electron chi connectivity index (χ2n) is 6.77. The monoisotopic (exact) mass is 540 g/mol. The number of benzene rings is 1. The number of halogens is 1. The van der Waals surface area contributed by atoms with Gasteiger partial charge in [-0.1, -0.05) is 38.3 Å². The molecule has 1 aromatic rings. The van der Waals surface area contributed by atoms with Crippen LogP contribution in [-0.2, 0) is 21.3 Å². The van der Waals surface area contributed by atoms with Gasteiger partial charge in [0.25, 0.3) is 0 Å². The molecular weight excluding hydrogens is 503 g/mol. The number of rotatable bonds is 13. The van der Waals surface area contributed by atoms with Gasteiger partial charge in [0.05, 0.1) is 18.0 Å². The lowest BCUT2D eigenvalue weighted by molar-refractivity contribution is 0.204. The van der Waals surface area contributed by atoms with E-state index in [2.05, 4.69) is 34.2 Å². The van der Waals surface area contributed by atoms with E-state index < -0.39 is 10.0 Å². The molecule has 0 heterocycles. The summed E-state index contributed by atoms with van der Waals surface area (Å²) in [5.74, 6) is 0.782. The van der Waals surface area contributed by atoms with Crippen LogP contribution in [0, 0.1) is 0 Å². The molecule has 0 fully saturated rings. The molecule has 0 aliphatic heterocycles. The van der Waals surface area contributed by atoms with Crippen molar-refractivity contribution in [1.29, 1.82) is 0 Å². The molecule has 0 bridgehead atoms. The van der Waals surface area contributed by atoms with Crippen LogP contribution in [0.25, 0.3) is 0 Å². The number of hydrogen-bond acceptors (Lipinski definition) is 4. The summed E-state index contributed by atoms with van der Waals surface area (Å²) in [4.78, 5) is 4.86. The summed E-state index contributed by atoms with van der Waals surface area (Å²) in [7, 11) is -1.97. The first-order valence-electron chi connectivity index (χ1n) is 10.0. The molecule has 0 aliphatic rings. The number of nitrogens with one attached hydrogen (secondary N) is 3. The summed E-state index contributed by atoms with van der Waals surface area (Å²) in [6, 6.07) is 7.15. The van der Waals surface area contributed by atoms with Crippen LogP contribution in [0.2, 0.25) is 0 Å². The van der Waals surface area contributed by atoms with Crippen LogP contribution in [0.3, 0.4) is 0 Å². The lowest BCUT2D eigenvalue weighted by Gasteiger charge is -2.17. The molecule has 0 amide bonds. The highest BCUT2D eigenvalue weighted by atomic mass is 127. The second kappa shape index (κ2) is 15.9. The van der Waals surface area contributed by atoms with Gasteiger partial charge in [-0.05, 0) is 38.0 Å². The van der Waals surface area contributed by atoms with Crippen molar-refractivity contribution in [3.8, 4) is 0 Å². The molecule has 1 unspecified atom stereocenters. The number of aliphatic imine (C=N–C) groups is 1. The van der Waals surface area contributed by atoms with Crippen molar-refractivity contribution >= 4 is 40.0 Å². The first-order chi connectivity index (χ1) is 13.4. The Balaban J connectivity index is 0.00000784. The Labute approximate surface area is 193 Å². The molecule has 1 rings (SSSR count). The van der Waals surface area contributed by atoms with Crippen LogP contribution < -0.4 is 15.4 Å². The molecule has 0 radical (unpaired) electrons. The van der Waals surface area contributed by atoms with Gasteiger partial charge in [-0.25, -0.2) is 18.1 Å². The number of methoxy groups -OCH3 is 1. The molecule has 0 aliphatic carbocycles. The minimum absolute atomic E-state index is 0. The SMILES string of the molecule is CCCCCC(C)NC(=NCc1ccc(S(=O)(=O)NCCOC)cc1)NCC.I. The molecule has 7 nitrogen and oxygen atoms in total. The van der Waals surface area contributed by atoms with E-state index in [1.54, 1.807) is 24.3 Å². The van der Waals surface area contributed by atoms with Crippen molar-refractivity contribution in [2.75, 3.05) is 26.8 Å². The van der Waals surface area contributed by atoms with Crippen LogP contribution in [0.5, 0.6) is 0 Å². The largest absolute Gasteiger partial charge is 0.383 e. The molecule has 1 aromatic carbocycles. The van der Waals surface area contributed by atoms with Crippen molar-refractivity contribution in [2.45, 2.75) is 63.9 Å². The van der Waals surface area contributed by atoms with Gasteiger partial charge >= 0.3 is 0 Å². The van der Waals surface area contributed by atoms with Gasteiger partial charge in [0.1, 0.15) is 0 Å². The second-order valence-corrected chi connectivity index (χ2v) is 8.54.